The summed E-state index contributed by atoms with van der Waals surface area (Å²) in [6, 6.07) is 21.2. The minimum atomic E-state index is -1.50. The van der Waals surface area contributed by atoms with Crippen LogP contribution in [0.25, 0.3) is 6.08 Å². The lowest BCUT2D eigenvalue weighted by molar-refractivity contribution is 0.0375. The molecule has 3 aromatic rings. The number of fused-ring (bicyclic) bond motifs is 2. The van der Waals surface area contributed by atoms with E-state index in [2.05, 4.69) is 0 Å². The molecule has 2 atom stereocenters. The number of carbonyl (C=O) groups is 2. The van der Waals surface area contributed by atoms with Crippen LogP contribution in [0, 0.1) is 0 Å². The highest BCUT2D eigenvalue weighted by molar-refractivity contribution is 14.1. The van der Waals surface area contributed by atoms with Gasteiger partial charge in [0.1, 0.15) is 18.4 Å². The van der Waals surface area contributed by atoms with Crippen LogP contribution in [0.4, 0.5) is 0 Å². The lowest BCUT2D eigenvalue weighted by atomic mass is 9.90. The van der Waals surface area contributed by atoms with E-state index in [1.165, 1.54) is 0 Å². The molecule has 154 valence electrons. The fourth-order valence-electron chi connectivity index (χ4n) is 4.01. The average molecular weight is 523 g/mol. The summed E-state index contributed by atoms with van der Waals surface area (Å²) in [5, 5.41) is 11.5. The molecule has 0 saturated carbocycles. The van der Waals surface area contributed by atoms with Gasteiger partial charge in [-0.25, -0.2) is 0 Å². The van der Waals surface area contributed by atoms with Crippen LogP contribution in [0.3, 0.4) is 0 Å². The van der Waals surface area contributed by atoms with E-state index >= 15 is 0 Å². The van der Waals surface area contributed by atoms with E-state index in [0.717, 1.165) is 16.0 Å². The van der Waals surface area contributed by atoms with Gasteiger partial charge in [-0.2, -0.15) is 0 Å². The largest absolute Gasteiger partial charge is 0.489 e. The predicted octanol–water partition coefficient (Wildman–Crippen LogP) is 4.54. The minimum absolute atomic E-state index is 0.360. The van der Waals surface area contributed by atoms with E-state index in [0.29, 0.717) is 29.0 Å². The van der Waals surface area contributed by atoms with E-state index in [4.69, 9.17) is 4.74 Å². The van der Waals surface area contributed by atoms with Gasteiger partial charge >= 0.3 is 0 Å². The Morgan fingerprint density at radius 2 is 1.58 bits per heavy atom. The normalized spacial score (nSPS) is 21.7. The molecule has 0 aromatic heterocycles. The van der Waals surface area contributed by atoms with Crippen molar-refractivity contribution in [3.05, 3.63) is 107 Å². The molecule has 0 bridgehead atoms. The Hall–Kier alpha value is -2.97. The Balaban J connectivity index is 1.45. The third kappa shape index (κ3) is 3.36. The second-order valence-corrected chi connectivity index (χ2v) is 9.17. The standard InChI is InChI=1S/C25H18INO4/c26-25(30)21-14-18(31-15-16-6-2-1-3-7-16)12-10-17(21)11-13-22(25)27-23(28)19-8-4-5-9-20(19)24(27)29/h1-14,22,30H,15H2/t22-,25+/m0/s1. The number of hydrogen-bond donors (Lipinski definition) is 1. The fraction of sp³-hybridized carbons (Fsp3) is 0.120. The molecule has 0 radical (unpaired) electrons. The van der Waals surface area contributed by atoms with Crippen molar-refractivity contribution in [1.82, 2.24) is 4.90 Å². The Morgan fingerprint density at radius 3 is 2.26 bits per heavy atom. The molecule has 1 aliphatic heterocycles. The Morgan fingerprint density at radius 1 is 0.935 bits per heavy atom. The second kappa shape index (κ2) is 7.62. The molecule has 31 heavy (non-hydrogen) atoms. The Labute approximate surface area is 193 Å². The number of rotatable bonds is 4. The molecule has 3 aromatic carbocycles. The van der Waals surface area contributed by atoms with Crippen LogP contribution in [-0.4, -0.2) is 27.9 Å². The van der Waals surface area contributed by atoms with Crippen LogP contribution >= 0.6 is 22.6 Å². The summed E-state index contributed by atoms with van der Waals surface area (Å²) in [4.78, 5) is 27.1. The number of amides is 2. The number of benzene rings is 3. The quantitative estimate of drug-likeness (QED) is 0.310. The zero-order valence-corrected chi connectivity index (χ0v) is 18.5. The number of carbonyl (C=O) groups excluding carboxylic acids is 2. The highest BCUT2D eigenvalue weighted by Crippen LogP contribution is 2.45. The molecule has 2 aliphatic rings. The van der Waals surface area contributed by atoms with E-state index in [-0.39, 0.29) is 0 Å². The minimum Gasteiger partial charge on any atom is -0.489 e. The lowest BCUT2D eigenvalue weighted by Crippen LogP contribution is -2.50. The molecule has 1 aliphatic carbocycles. The first-order chi connectivity index (χ1) is 15.0. The first-order valence-electron chi connectivity index (χ1n) is 9.84. The van der Waals surface area contributed by atoms with Crippen LogP contribution in [0.2, 0.25) is 0 Å². The van der Waals surface area contributed by atoms with E-state index in [9.17, 15) is 14.7 Å². The van der Waals surface area contributed by atoms with Gasteiger partial charge in [-0.15, -0.1) is 0 Å². The summed E-state index contributed by atoms with van der Waals surface area (Å²) in [6.07, 6.45) is 3.54. The van der Waals surface area contributed by atoms with Gasteiger partial charge in [-0.05, 0) is 58.0 Å². The SMILES string of the molecule is O=C1c2ccccc2C(=O)N1[C@H]1C=Cc2ccc(OCc3ccccc3)cc2[C@]1(O)I. The van der Waals surface area contributed by atoms with Crippen LogP contribution < -0.4 is 4.74 Å². The van der Waals surface area contributed by atoms with E-state index in [1.807, 2.05) is 71.1 Å². The van der Waals surface area contributed by atoms with Crippen molar-refractivity contribution < 1.29 is 19.4 Å². The molecule has 2 amide bonds. The van der Waals surface area contributed by atoms with Crippen molar-refractivity contribution in [3.8, 4) is 5.75 Å². The molecule has 1 heterocycles. The van der Waals surface area contributed by atoms with Gasteiger partial charge in [0.25, 0.3) is 11.8 Å². The third-order valence-electron chi connectivity index (χ3n) is 5.60. The van der Waals surface area contributed by atoms with Crippen molar-refractivity contribution in [2.24, 2.45) is 0 Å². The highest BCUT2D eigenvalue weighted by atomic mass is 127. The first-order valence-corrected chi connectivity index (χ1v) is 10.9. The molecular weight excluding hydrogens is 505 g/mol. The van der Waals surface area contributed by atoms with E-state index < -0.39 is 21.5 Å². The summed E-state index contributed by atoms with van der Waals surface area (Å²) in [6.45, 7) is 0.400. The van der Waals surface area contributed by atoms with Gasteiger partial charge in [-0.3, -0.25) is 14.5 Å². The zero-order valence-electron chi connectivity index (χ0n) is 16.4. The number of ether oxygens (including phenoxy) is 1. The molecule has 0 fully saturated rings. The van der Waals surface area contributed by atoms with Crippen LogP contribution in [0.15, 0.2) is 78.9 Å². The molecule has 6 heteroatoms. The average Bonchev–Trinajstić information content (AvgIpc) is 3.04. The van der Waals surface area contributed by atoms with Crippen molar-refractivity contribution in [1.29, 1.82) is 0 Å². The summed E-state index contributed by atoms with van der Waals surface area (Å²) >= 11 is 1.91. The zero-order chi connectivity index (χ0) is 21.6. The van der Waals surface area contributed by atoms with Crippen molar-refractivity contribution >= 4 is 40.5 Å². The lowest BCUT2D eigenvalue weighted by Gasteiger charge is -2.38. The maximum absolute atomic E-state index is 13.0. The maximum atomic E-state index is 13.0. The van der Waals surface area contributed by atoms with Gasteiger partial charge in [0.2, 0.25) is 0 Å². The summed E-state index contributed by atoms with van der Waals surface area (Å²) in [5.74, 6) is -0.190. The number of alkyl halides is 1. The van der Waals surface area contributed by atoms with Crippen LogP contribution in [-0.2, 0) is 10.2 Å². The molecule has 5 rings (SSSR count). The summed E-state index contributed by atoms with van der Waals surface area (Å²) in [7, 11) is 0. The van der Waals surface area contributed by atoms with Gasteiger partial charge in [0.15, 0.2) is 3.61 Å². The second-order valence-electron chi connectivity index (χ2n) is 7.53. The number of imide groups is 1. The molecule has 0 unspecified atom stereocenters. The maximum Gasteiger partial charge on any atom is 0.262 e. The third-order valence-corrected chi connectivity index (χ3v) is 6.82. The summed E-state index contributed by atoms with van der Waals surface area (Å²) < 4.78 is 4.42. The molecule has 0 spiro atoms. The number of aliphatic hydroxyl groups is 1. The molecule has 0 saturated heterocycles. The van der Waals surface area contributed by atoms with Crippen molar-refractivity contribution in [3.63, 3.8) is 0 Å². The van der Waals surface area contributed by atoms with Gasteiger partial charge in [-0.1, -0.05) is 60.7 Å². The first kappa shape index (κ1) is 20.0. The van der Waals surface area contributed by atoms with Crippen LogP contribution in [0.1, 0.15) is 37.4 Å². The Kier molecular flexibility index (Phi) is 4.91. The van der Waals surface area contributed by atoms with Gasteiger partial charge in [0, 0.05) is 5.56 Å². The predicted molar refractivity (Wildman–Crippen MR) is 125 cm³/mol. The van der Waals surface area contributed by atoms with Crippen molar-refractivity contribution in [2.75, 3.05) is 0 Å². The molecule has 5 nitrogen and oxygen atoms in total. The smallest absolute Gasteiger partial charge is 0.262 e. The number of nitrogens with zero attached hydrogens (tertiary/aromatic N) is 1. The van der Waals surface area contributed by atoms with Crippen LogP contribution in [0.5, 0.6) is 5.75 Å². The highest BCUT2D eigenvalue weighted by Gasteiger charge is 2.49. The van der Waals surface area contributed by atoms with Crippen molar-refractivity contribution in [2.45, 2.75) is 16.3 Å². The van der Waals surface area contributed by atoms with Gasteiger partial charge in [0.05, 0.1) is 11.1 Å². The monoisotopic (exact) mass is 523 g/mol. The Bertz CT molecular complexity index is 1180. The van der Waals surface area contributed by atoms with E-state index in [1.54, 1.807) is 36.4 Å². The molecule has 1 N–H and O–H groups in total. The topological polar surface area (TPSA) is 66.8 Å². The molecular formula is C25H18INO4. The fourth-order valence-corrected chi connectivity index (χ4v) is 4.97. The number of hydrogen-bond acceptors (Lipinski definition) is 4. The number of halogens is 1. The van der Waals surface area contributed by atoms with Gasteiger partial charge < -0.3 is 9.84 Å². The summed E-state index contributed by atoms with van der Waals surface area (Å²) in [5.41, 5.74) is 3.17.